The van der Waals surface area contributed by atoms with Crippen LogP contribution in [0.25, 0.3) is 32.2 Å². The van der Waals surface area contributed by atoms with Gasteiger partial charge < -0.3 is 19.7 Å². The minimum absolute atomic E-state index is 0.00957. The monoisotopic (exact) mass is 703 g/mol. The predicted molar refractivity (Wildman–Crippen MR) is 181 cm³/mol. The number of carbonyl (C=O) groups is 1. The normalized spacial score (nSPS) is 24.3. The van der Waals surface area contributed by atoms with Crippen molar-refractivity contribution >= 4 is 61.1 Å². The summed E-state index contributed by atoms with van der Waals surface area (Å²) < 4.78 is 57.6. The van der Waals surface area contributed by atoms with Crippen molar-refractivity contribution in [3.8, 4) is 17.1 Å². The van der Waals surface area contributed by atoms with Crippen molar-refractivity contribution in [2.75, 3.05) is 37.5 Å². The molecule has 2 bridgehead atoms. The number of hydrogen-bond acceptors (Lipinski definition) is 10. The van der Waals surface area contributed by atoms with Crippen LogP contribution in [-0.2, 0) is 4.74 Å². The number of thiazole rings is 1. The van der Waals surface area contributed by atoms with Gasteiger partial charge in [-0.1, -0.05) is 22.9 Å². The lowest BCUT2D eigenvalue weighted by Crippen LogP contribution is -2.39. The van der Waals surface area contributed by atoms with E-state index >= 15 is 8.78 Å². The van der Waals surface area contributed by atoms with Crippen LogP contribution in [0.3, 0.4) is 0 Å². The minimum atomic E-state index is -0.948. The molecule has 10 nitrogen and oxygen atoms in total. The first-order chi connectivity index (χ1) is 22.8. The number of hydrogen-bond donors (Lipinski definition) is 2. The first kappa shape index (κ1) is 33.1. The fourth-order valence-electron chi connectivity index (χ4n) is 7.30. The van der Waals surface area contributed by atoms with E-state index < -0.39 is 29.5 Å². The van der Waals surface area contributed by atoms with E-state index in [1.54, 1.807) is 26.8 Å². The first-order valence-corrected chi connectivity index (χ1v) is 17.2. The lowest BCUT2D eigenvalue weighted by atomic mass is 9.96. The molecule has 4 aromatic rings. The number of amides is 1. The molecular weight excluding hydrogens is 667 g/mol. The fourth-order valence-corrected chi connectivity index (χ4v) is 8.47. The van der Waals surface area contributed by atoms with E-state index in [1.165, 1.54) is 12.1 Å². The number of rotatable bonds is 7. The number of nitrogens with zero attached hydrogens (tertiary/aromatic N) is 5. The second-order valence-corrected chi connectivity index (χ2v) is 15.2. The van der Waals surface area contributed by atoms with E-state index in [-0.39, 0.29) is 73.8 Å². The van der Waals surface area contributed by atoms with Crippen LogP contribution in [0.4, 0.5) is 28.9 Å². The third-order valence-electron chi connectivity index (χ3n) is 9.41. The van der Waals surface area contributed by atoms with Crippen molar-refractivity contribution in [1.82, 2.24) is 25.2 Å². The van der Waals surface area contributed by atoms with Gasteiger partial charge in [-0.05, 0) is 78.7 Å². The summed E-state index contributed by atoms with van der Waals surface area (Å²) in [5, 5.41) is 6.52. The van der Waals surface area contributed by atoms with Crippen LogP contribution in [0.2, 0.25) is 5.02 Å². The Morgan fingerprint density at radius 3 is 2.62 bits per heavy atom. The number of nitrogens with one attached hydrogen (secondary N) is 2. The Morgan fingerprint density at radius 2 is 1.94 bits per heavy atom. The molecule has 2 aromatic carbocycles. The highest BCUT2D eigenvalue weighted by Gasteiger charge is 2.47. The molecule has 0 aliphatic carbocycles. The summed E-state index contributed by atoms with van der Waals surface area (Å²) in [5.74, 6) is -0.804. The summed E-state index contributed by atoms with van der Waals surface area (Å²) in [5.41, 5.74) is -0.439. The molecule has 3 saturated heterocycles. The number of halogens is 4. The van der Waals surface area contributed by atoms with Gasteiger partial charge in [-0.25, -0.2) is 22.9 Å². The molecule has 3 aliphatic heterocycles. The SMILES string of the molecule is CNC1C[C@H]2CC[C@@H]1N2c1nc(OC[C@@H]2C[C@@H](F)CN2C)nc2c(F)c(-c3ccc(F)c4sc(NC(=O)OC(C)(C)C)nc34)c(Cl)cc12. The molecule has 15 heteroatoms. The molecule has 1 unspecified atom stereocenters. The lowest BCUT2D eigenvalue weighted by Gasteiger charge is -2.27. The van der Waals surface area contributed by atoms with Crippen LogP contribution in [0, 0.1) is 11.6 Å². The Bertz CT molecular complexity index is 1910. The van der Waals surface area contributed by atoms with Crippen molar-refractivity contribution in [1.29, 1.82) is 0 Å². The zero-order chi connectivity index (χ0) is 34.1. The molecular formula is C33H37ClF3N7O3S. The van der Waals surface area contributed by atoms with Gasteiger partial charge in [0, 0.05) is 47.2 Å². The summed E-state index contributed by atoms with van der Waals surface area (Å²) in [6.45, 7) is 5.62. The highest BCUT2D eigenvalue weighted by atomic mass is 35.5. The Kier molecular flexibility index (Phi) is 8.58. The molecule has 5 heterocycles. The van der Waals surface area contributed by atoms with Crippen molar-refractivity contribution in [2.24, 2.45) is 0 Å². The fraction of sp³-hybridized carbons (Fsp3) is 0.515. The summed E-state index contributed by atoms with van der Waals surface area (Å²) >= 11 is 7.78. The quantitative estimate of drug-likeness (QED) is 0.212. The molecule has 3 fully saturated rings. The van der Waals surface area contributed by atoms with Crippen LogP contribution in [0.5, 0.6) is 6.01 Å². The second-order valence-electron chi connectivity index (χ2n) is 13.8. The van der Waals surface area contributed by atoms with Gasteiger partial charge in [-0.3, -0.25) is 10.2 Å². The van der Waals surface area contributed by atoms with Crippen molar-refractivity contribution in [3.05, 3.63) is 34.9 Å². The molecule has 7 rings (SSSR count). The number of benzene rings is 2. The average molecular weight is 704 g/mol. The Morgan fingerprint density at radius 1 is 1.15 bits per heavy atom. The third kappa shape index (κ3) is 6.01. The molecule has 5 atom stereocenters. The van der Waals surface area contributed by atoms with Gasteiger partial charge in [0.05, 0.1) is 15.2 Å². The van der Waals surface area contributed by atoms with E-state index in [0.717, 1.165) is 30.6 Å². The van der Waals surface area contributed by atoms with E-state index in [2.05, 4.69) is 25.5 Å². The van der Waals surface area contributed by atoms with Gasteiger partial charge in [0.2, 0.25) is 0 Å². The van der Waals surface area contributed by atoms with Crippen LogP contribution in [0.15, 0.2) is 18.2 Å². The standard InChI is InChI=1S/C33H37ClF3N7O3S/c1-33(2,3)47-32(45)42-31-40-27-18(7-8-21(36)28(27)48-31)24-20(34)12-19-26(25(24)37)39-30(46-14-17-10-15(35)13-43(17)5)41-29(19)44-16-6-9-23(44)22(11-16)38-4/h7-8,12,15-17,22-23,38H,6,9-11,13-14H2,1-5H3,(H,40,42,45)/t15-,16-,17+,22?,23+/m1/s1. The smallest absolute Gasteiger partial charge is 0.413 e. The number of likely N-dealkylation sites (N-methyl/N-ethyl adjacent to an activating group) is 2. The summed E-state index contributed by atoms with van der Waals surface area (Å²) in [4.78, 5) is 30.3. The zero-order valence-electron chi connectivity index (χ0n) is 27.2. The average Bonchev–Trinajstić information content (AvgIpc) is 3.78. The first-order valence-electron chi connectivity index (χ1n) is 16.0. The van der Waals surface area contributed by atoms with Crippen LogP contribution < -0.4 is 20.3 Å². The van der Waals surface area contributed by atoms with E-state index in [1.807, 2.05) is 19.0 Å². The molecule has 3 aliphatic rings. The Hall–Kier alpha value is -3.46. The largest absolute Gasteiger partial charge is 0.462 e. The number of alkyl halides is 1. The minimum Gasteiger partial charge on any atom is -0.462 e. The number of anilines is 2. The highest BCUT2D eigenvalue weighted by Crippen LogP contribution is 2.47. The number of ether oxygens (including phenoxy) is 2. The van der Waals surface area contributed by atoms with Gasteiger partial charge in [-0.2, -0.15) is 9.97 Å². The number of likely N-dealkylation sites (tertiary alicyclic amines) is 1. The Balaban J connectivity index is 1.33. The molecule has 0 spiro atoms. The number of aromatic nitrogens is 3. The number of carbonyl (C=O) groups excluding carboxylic acids is 1. The lowest BCUT2D eigenvalue weighted by molar-refractivity contribution is 0.0636. The molecule has 0 saturated carbocycles. The maximum Gasteiger partial charge on any atom is 0.413 e. The van der Waals surface area contributed by atoms with Crippen molar-refractivity contribution in [3.63, 3.8) is 0 Å². The summed E-state index contributed by atoms with van der Waals surface area (Å²) in [7, 11) is 3.77. The van der Waals surface area contributed by atoms with Gasteiger partial charge >= 0.3 is 12.1 Å². The Labute approximate surface area is 285 Å². The van der Waals surface area contributed by atoms with E-state index in [0.29, 0.717) is 24.2 Å². The molecule has 256 valence electrons. The summed E-state index contributed by atoms with van der Waals surface area (Å²) in [6.07, 6.45) is 1.46. The van der Waals surface area contributed by atoms with Crippen molar-refractivity contribution < 1.29 is 27.4 Å². The van der Waals surface area contributed by atoms with Gasteiger partial charge in [0.15, 0.2) is 10.9 Å². The molecule has 0 radical (unpaired) electrons. The molecule has 48 heavy (non-hydrogen) atoms. The topological polar surface area (TPSA) is 105 Å². The van der Waals surface area contributed by atoms with Gasteiger partial charge in [-0.15, -0.1) is 0 Å². The van der Waals surface area contributed by atoms with E-state index in [9.17, 15) is 9.18 Å². The van der Waals surface area contributed by atoms with E-state index in [4.69, 9.17) is 26.1 Å². The molecule has 2 N–H and O–H groups in total. The van der Waals surface area contributed by atoms with Gasteiger partial charge in [0.25, 0.3) is 0 Å². The number of fused-ring (bicyclic) bond motifs is 4. The van der Waals surface area contributed by atoms with Gasteiger partial charge in [0.1, 0.15) is 35.5 Å². The molecule has 1 amide bonds. The predicted octanol–water partition coefficient (Wildman–Crippen LogP) is 6.94. The second kappa shape index (κ2) is 12.5. The maximum absolute atomic E-state index is 17.0. The zero-order valence-corrected chi connectivity index (χ0v) is 28.8. The summed E-state index contributed by atoms with van der Waals surface area (Å²) in [6, 6.07) is 4.64. The third-order valence-corrected chi connectivity index (χ3v) is 10.7. The van der Waals surface area contributed by atoms with Crippen LogP contribution in [-0.4, -0.2) is 89.1 Å². The van der Waals surface area contributed by atoms with Crippen LogP contribution >= 0.6 is 22.9 Å². The maximum atomic E-state index is 17.0. The highest BCUT2D eigenvalue weighted by molar-refractivity contribution is 7.22. The van der Waals surface area contributed by atoms with Crippen molar-refractivity contribution in [2.45, 2.75) is 82.4 Å². The molecule has 2 aromatic heterocycles. The van der Waals surface area contributed by atoms with Crippen LogP contribution in [0.1, 0.15) is 46.5 Å².